The van der Waals surface area contributed by atoms with E-state index in [4.69, 9.17) is 20.8 Å². The van der Waals surface area contributed by atoms with Gasteiger partial charge in [-0.05, 0) is 42.5 Å². The Morgan fingerprint density at radius 1 is 1.00 bits per heavy atom. The smallest absolute Gasteiger partial charge is 0.254 e. The molecular weight excluding hydrogens is 326 g/mol. The highest BCUT2D eigenvalue weighted by atomic mass is 35.5. The number of ether oxygens (including phenoxy) is 1. The Balaban J connectivity index is 1.49. The van der Waals surface area contributed by atoms with Crippen molar-refractivity contribution in [2.45, 2.75) is 6.61 Å². The van der Waals surface area contributed by atoms with E-state index in [2.05, 4.69) is 15.2 Å². The fourth-order valence-corrected chi connectivity index (χ4v) is 2.53. The highest BCUT2D eigenvalue weighted by Gasteiger charge is 2.09. The van der Waals surface area contributed by atoms with E-state index in [0.29, 0.717) is 16.8 Å². The quantitative estimate of drug-likeness (QED) is 0.548. The zero-order valence-corrected chi connectivity index (χ0v) is 13.3. The van der Waals surface area contributed by atoms with E-state index < -0.39 is 0 Å². The van der Waals surface area contributed by atoms with Gasteiger partial charge in [-0.1, -0.05) is 23.7 Å². The van der Waals surface area contributed by atoms with Crippen molar-refractivity contribution in [3.63, 3.8) is 0 Å². The Morgan fingerprint density at radius 2 is 1.96 bits per heavy atom. The van der Waals surface area contributed by atoms with Gasteiger partial charge in [-0.15, -0.1) is 10.2 Å². The normalized spacial score (nSPS) is 10.9. The molecule has 0 bridgehead atoms. The van der Waals surface area contributed by atoms with E-state index >= 15 is 0 Å². The second-order valence-electron chi connectivity index (χ2n) is 5.16. The molecule has 0 N–H and O–H groups in total. The lowest BCUT2D eigenvalue weighted by Gasteiger charge is -2.04. The second kappa shape index (κ2) is 6.29. The Labute approximate surface area is 142 Å². The van der Waals surface area contributed by atoms with E-state index in [0.717, 1.165) is 22.2 Å². The predicted molar refractivity (Wildman–Crippen MR) is 90.8 cm³/mol. The molecule has 0 aliphatic carbocycles. The summed E-state index contributed by atoms with van der Waals surface area (Å²) in [4.78, 5) is 4.28. The number of hydrogen-bond donors (Lipinski definition) is 0. The summed E-state index contributed by atoms with van der Waals surface area (Å²) in [5, 5.41) is 9.66. The van der Waals surface area contributed by atoms with Gasteiger partial charge in [0, 0.05) is 22.2 Å². The van der Waals surface area contributed by atoms with Crippen molar-refractivity contribution in [1.29, 1.82) is 0 Å². The van der Waals surface area contributed by atoms with E-state index in [9.17, 15) is 0 Å². The summed E-state index contributed by atoms with van der Waals surface area (Å²) in [6.45, 7) is 0.194. The molecule has 0 aliphatic rings. The van der Waals surface area contributed by atoms with Gasteiger partial charge in [-0.3, -0.25) is 4.98 Å². The molecule has 2 heterocycles. The lowest BCUT2D eigenvalue weighted by Crippen LogP contribution is -1.95. The van der Waals surface area contributed by atoms with Gasteiger partial charge < -0.3 is 9.15 Å². The standard InChI is InChI=1S/C18H12ClN3O2/c19-14-5-1-3-13(9-14)18-22-21-17(24-18)11-23-15-6-7-16-12(10-15)4-2-8-20-16/h1-10H,11H2. The van der Waals surface area contributed by atoms with Crippen LogP contribution in [0.25, 0.3) is 22.4 Å². The van der Waals surface area contributed by atoms with Crippen LogP contribution < -0.4 is 4.74 Å². The van der Waals surface area contributed by atoms with Crippen LogP contribution >= 0.6 is 11.6 Å². The number of halogens is 1. The van der Waals surface area contributed by atoms with Crippen molar-refractivity contribution in [2.75, 3.05) is 0 Å². The van der Waals surface area contributed by atoms with Crippen molar-refractivity contribution in [2.24, 2.45) is 0 Å². The first-order valence-electron chi connectivity index (χ1n) is 7.34. The zero-order valence-electron chi connectivity index (χ0n) is 12.5. The fraction of sp³-hybridized carbons (Fsp3) is 0.0556. The first-order valence-corrected chi connectivity index (χ1v) is 7.72. The first kappa shape index (κ1) is 14.7. The summed E-state index contributed by atoms with van der Waals surface area (Å²) in [6.07, 6.45) is 1.76. The van der Waals surface area contributed by atoms with Gasteiger partial charge in [0.15, 0.2) is 6.61 Å². The van der Waals surface area contributed by atoms with Gasteiger partial charge in [0.25, 0.3) is 5.89 Å². The largest absolute Gasteiger partial charge is 0.484 e. The molecule has 0 unspecified atom stereocenters. The maximum absolute atomic E-state index is 5.97. The minimum atomic E-state index is 0.194. The van der Waals surface area contributed by atoms with Gasteiger partial charge in [0.2, 0.25) is 5.89 Å². The van der Waals surface area contributed by atoms with Crippen LogP contribution in [0.4, 0.5) is 0 Å². The highest BCUT2D eigenvalue weighted by molar-refractivity contribution is 6.30. The van der Waals surface area contributed by atoms with Crippen molar-refractivity contribution in [1.82, 2.24) is 15.2 Å². The molecule has 6 heteroatoms. The SMILES string of the molecule is Clc1cccc(-c2nnc(COc3ccc4ncccc4c3)o2)c1. The summed E-state index contributed by atoms with van der Waals surface area (Å²) in [5.74, 6) is 1.54. The maximum atomic E-state index is 5.97. The minimum absolute atomic E-state index is 0.194. The number of rotatable bonds is 4. The molecule has 4 rings (SSSR count). The Hall–Kier alpha value is -2.92. The Bertz CT molecular complexity index is 1000. The molecule has 24 heavy (non-hydrogen) atoms. The van der Waals surface area contributed by atoms with Crippen LogP contribution in [-0.2, 0) is 6.61 Å². The summed E-state index contributed by atoms with van der Waals surface area (Å²) in [5.41, 5.74) is 1.70. The average Bonchev–Trinajstić information content (AvgIpc) is 3.09. The van der Waals surface area contributed by atoms with Crippen LogP contribution in [0, 0.1) is 0 Å². The molecule has 4 aromatic rings. The summed E-state index contributed by atoms with van der Waals surface area (Å²) in [6, 6.07) is 16.8. The molecule has 0 aliphatic heterocycles. The molecule has 0 saturated carbocycles. The van der Waals surface area contributed by atoms with E-state index in [1.54, 1.807) is 18.3 Å². The third kappa shape index (κ3) is 3.07. The van der Waals surface area contributed by atoms with Crippen molar-refractivity contribution >= 4 is 22.5 Å². The molecule has 118 valence electrons. The lowest BCUT2D eigenvalue weighted by atomic mass is 10.2. The molecule has 5 nitrogen and oxygen atoms in total. The Kier molecular flexibility index (Phi) is 3.84. The molecule has 0 radical (unpaired) electrons. The van der Waals surface area contributed by atoms with Crippen LogP contribution in [0.1, 0.15) is 5.89 Å². The van der Waals surface area contributed by atoms with E-state index in [1.165, 1.54) is 0 Å². The van der Waals surface area contributed by atoms with Crippen molar-refractivity contribution in [3.05, 3.63) is 71.7 Å². The van der Waals surface area contributed by atoms with Crippen molar-refractivity contribution < 1.29 is 9.15 Å². The van der Waals surface area contributed by atoms with Gasteiger partial charge >= 0.3 is 0 Å². The average molecular weight is 338 g/mol. The minimum Gasteiger partial charge on any atom is -0.484 e. The third-order valence-electron chi connectivity index (χ3n) is 3.48. The summed E-state index contributed by atoms with van der Waals surface area (Å²) in [7, 11) is 0. The van der Waals surface area contributed by atoms with Gasteiger partial charge in [-0.2, -0.15) is 0 Å². The topological polar surface area (TPSA) is 61.0 Å². The number of aromatic nitrogens is 3. The summed E-state index contributed by atoms with van der Waals surface area (Å²) >= 11 is 5.97. The molecule has 0 saturated heterocycles. The van der Waals surface area contributed by atoms with Crippen LogP contribution in [0.2, 0.25) is 5.02 Å². The number of fused-ring (bicyclic) bond motifs is 1. The molecule has 2 aromatic heterocycles. The van der Waals surface area contributed by atoms with Crippen LogP contribution in [0.15, 0.2) is 65.2 Å². The first-order chi connectivity index (χ1) is 11.8. The predicted octanol–water partition coefficient (Wildman–Crippen LogP) is 4.52. The lowest BCUT2D eigenvalue weighted by molar-refractivity contribution is 0.265. The summed E-state index contributed by atoms with van der Waals surface area (Å²) < 4.78 is 11.3. The van der Waals surface area contributed by atoms with Crippen molar-refractivity contribution in [3.8, 4) is 17.2 Å². The monoisotopic (exact) mass is 337 g/mol. The van der Waals surface area contributed by atoms with Gasteiger partial charge in [0.1, 0.15) is 5.75 Å². The highest BCUT2D eigenvalue weighted by Crippen LogP contribution is 2.23. The van der Waals surface area contributed by atoms with Gasteiger partial charge in [-0.25, -0.2) is 0 Å². The third-order valence-corrected chi connectivity index (χ3v) is 3.71. The molecule has 2 aromatic carbocycles. The number of nitrogens with zero attached hydrogens (tertiary/aromatic N) is 3. The fourth-order valence-electron chi connectivity index (χ4n) is 2.34. The van der Waals surface area contributed by atoms with E-state index in [-0.39, 0.29) is 6.61 Å². The Morgan fingerprint density at radius 3 is 2.88 bits per heavy atom. The molecular formula is C18H12ClN3O2. The number of hydrogen-bond acceptors (Lipinski definition) is 5. The maximum Gasteiger partial charge on any atom is 0.254 e. The van der Waals surface area contributed by atoms with Crippen LogP contribution in [0.3, 0.4) is 0 Å². The molecule has 0 amide bonds. The number of pyridine rings is 1. The molecule has 0 fully saturated rings. The van der Waals surface area contributed by atoms with Gasteiger partial charge in [0.05, 0.1) is 5.52 Å². The van der Waals surface area contributed by atoms with Crippen LogP contribution in [-0.4, -0.2) is 15.2 Å². The van der Waals surface area contributed by atoms with Crippen LogP contribution in [0.5, 0.6) is 5.75 Å². The zero-order chi connectivity index (χ0) is 16.4. The number of benzene rings is 2. The molecule has 0 spiro atoms. The van der Waals surface area contributed by atoms with E-state index in [1.807, 2.05) is 42.5 Å². The molecule has 0 atom stereocenters. The second-order valence-corrected chi connectivity index (χ2v) is 5.59.